The van der Waals surface area contributed by atoms with Gasteiger partial charge in [0.1, 0.15) is 11.5 Å². The fourth-order valence-electron chi connectivity index (χ4n) is 3.75. The molecule has 0 saturated carbocycles. The van der Waals surface area contributed by atoms with Gasteiger partial charge in [-0.25, -0.2) is 9.97 Å². The molecule has 2 aromatic heterocycles. The Hall–Kier alpha value is -3.14. The van der Waals surface area contributed by atoms with Crippen molar-refractivity contribution in [3.8, 4) is 22.8 Å². The lowest BCUT2D eigenvalue weighted by molar-refractivity contribution is -0.117. The lowest BCUT2D eigenvalue weighted by Crippen LogP contribution is -2.45. The van der Waals surface area contributed by atoms with Gasteiger partial charge in [-0.05, 0) is 19.1 Å². The summed E-state index contributed by atoms with van der Waals surface area (Å²) in [7, 11) is 3.03. The highest BCUT2D eigenvalue weighted by molar-refractivity contribution is 6.41. The number of benzene rings is 1. The summed E-state index contributed by atoms with van der Waals surface area (Å²) < 4.78 is 16.2. The van der Waals surface area contributed by atoms with Crippen LogP contribution in [0.25, 0.3) is 22.2 Å². The van der Waals surface area contributed by atoms with Crippen LogP contribution in [0.4, 0.5) is 5.95 Å². The molecular weight excluding hydrogens is 481 g/mol. The van der Waals surface area contributed by atoms with Crippen LogP contribution in [0.5, 0.6) is 11.5 Å². The molecule has 1 aromatic carbocycles. The van der Waals surface area contributed by atoms with Crippen molar-refractivity contribution in [1.82, 2.24) is 20.3 Å². The van der Waals surface area contributed by atoms with Gasteiger partial charge in [0, 0.05) is 23.2 Å². The van der Waals surface area contributed by atoms with Crippen LogP contribution in [0.1, 0.15) is 5.69 Å². The molecule has 178 valence electrons. The number of rotatable bonds is 7. The Labute approximate surface area is 206 Å². The van der Waals surface area contributed by atoms with E-state index >= 15 is 0 Å². The van der Waals surface area contributed by atoms with Crippen molar-refractivity contribution in [2.75, 3.05) is 32.8 Å². The molecule has 9 nitrogen and oxygen atoms in total. The standard InChI is InChI=1S/C23H23Cl2N5O4/c1-5-18(31)28-14-9-34-10-15(14)29-23-26-8-12-6-13(27-11(2)22(12)30-23)19-20(24)16(32-3)7-17(33-4)21(19)25/h5-8,14-15H,1,9-10H2,2-4H3,(H,28,31)(H,26,29,30)/t14-,15+/m0/s1. The second-order valence-corrected chi connectivity index (χ2v) is 8.37. The highest BCUT2D eigenvalue weighted by atomic mass is 35.5. The molecule has 1 saturated heterocycles. The lowest BCUT2D eigenvalue weighted by Gasteiger charge is -2.20. The molecule has 1 fully saturated rings. The van der Waals surface area contributed by atoms with E-state index in [1.807, 2.05) is 13.0 Å². The highest BCUT2D eigenvalue weighted by Gasteiger charge is 2.30. The van der Waals surface area contributed by atoms with E-state index in [0.717, 1.165) is 5.39 Å². The van der Waals surface area contributed by atoms with Gasteiger partial charge in [-0.2, -0.15) is 0 Å². The zero-order chi connectivity index (χ0) is 24.4. The third kappa shape index (κ3) is 4.59. The van der Waals surface area contributed by atoms with Crippen LogP contribution in [0.3, 0.4) is 0 Å². The minimum absolute atomic E-state index is 0.184. The molecule has 1 amide bonds. The second kappa shape index (κ2) is 10.0. The molecule has 4 rings (SSSR count). The van der Waals surface area contributed by atoms with Crippen LogP contribution in [-0.4, -0.2) is 60.4 Å². The van der Waals surface area contributed by atoms with Crippen molar-refractivity contribution in [3.63, 3.8) is 0 Å². The lowest BCUT2D eigenvalue weighted by atomic mass is 10.1. The number of fused-ring (bicyclic) bond motifs is 1. The van der Waals surface area contributed by atoms with Gasteiger partial charge in [0.25, 0.3) is 0 Å². The van der Waals surface area contributed by atoms with Crippen molar-refractivity contribution >= 4 is 46.0 Å². The first-order valence-corrected chi connectivity index (χ1v) is 11.1. The average Bonchev–Trinajstić information content (AvgIpc) is 3.26. The van der Waals surface area contributed by atoms with Crippen molar-refractivity contribution in [3.05, 3.63) is 46.7 Å². The summed E-state index contributed by atoms with van der Waals surface area (Å²) in [5.41, 5.74) is 2.36. The predicted molar refractivity (Wildman–Crippen MR) is 131 cm³/mol. The predicted octanol–water partition coefficient (Wildman–Crippen LogP) is 3.81. The van der Waals surface area contributed by atoms with E-state index in [4.69, 9.17) is 42.4 Å². The number of nitrogens with one attached hydrogen (secondary N) is 2. The summed E-state index contributed by atoms with van der Waals surface area (Å²) in [4.78, 5) is 25.4. The number of amides is 1. The molecule has 1 aliphatic rings. The number of hydrogen-bond acceptors (Lipinski definition) is 8. The largest absolute Gasteiger partial charge is 0.495 e. The van der Waals surface area contributed by atoms with Crippen LogP contribution >= 0.6 is 23.2 Å². The average molecular weight is 504 g/mol. The molecular formula is C23H23Cl2N5O4. The van der Waals surface area contributed by atoms with Crippen molar-refractivity contribution < 1.29 is 19.0 Å². The van der Waals surface area contributed by atoms with Gasteiger partial charge in [-0.3, -0.25) is 9.78 Å². The smallest absolute Gasteiger partial charge is 0.243 e. The van der Waals surface area contributed by atoms with Gasteiger partial charge in [0.2, 0.25) is 11.9 Å². The molecule has 2 atom stereocenters. The number of methoxy groups -OCH3 is 2. The molecule has 0 spiro atoms. The van der Waals surface area contributed by atoms with Crippen LogP contribution in [0, 0.1) is 6.92 Å². The molecule has 1 aliphatic heterocycles. The fraction of sp³-hybridized carbons (Fsp3) is 0.304. The first kappa shape index (κ1) is 24.0. The molecule has 11 heteroatoms. The van der Waals surface area contributed by atoms with Crippen molar-refractivity contribution in [2.24, 2.45) is 0 Å². The van der Waals surface area contributed by atoms with Crippen LogP contribution in [0.15, 0.2) is 31.0 Å². The van der Waals surface area contributed by atoms with Crippen LogP contribution in [0.2, 0.25) is 10.0 Å². The van der Waals surface area contributed by atoms with Gasteiger partial charge < -0.3 is 24.8 Å². The van der Waals surface area contributed by atoms with Crippen LogP contribution in [-0.2, 0) is 9.53 Å². The Morgan fingerprint density at radius 2 is 1.82 bits per heavy atom. The van der Waals surface area contributed by atoms with E-state index in [2.05, 4.69) is 27.2 Å². The second-order valence-electron chi connectivity index (χ2n) is 7.62. The zero-order valence-corrected chi connectivity index (χ0v) is 20.3. The Balaban J connectivity index is 1.69. The Bertz CT molecular complexity index is 1240. The SMILES string of the molecule is C=CC(=O)N[C@H]1COC[C@H]1Nc1ncc2cc(-c3c(Cl)c(OC)cc(OC)c3Cl)nc(C)c2n1. The summed E-state index contributed by atoms with van der Waals surface area (Å²) in [6.45, 7) is 6.12. The summed E-state index contributed by atoms with van der Waals surface area (Å²) in [6.07, 6.45) is 2.92. The monoisotopic (exact) mass is 503 g/mol. The first-order valence-electron chi connectivity index (χ1n) is 10.4. The van der Waals surface area contributed by atoms with Crippen molar-refractivity contribution in [1.29, 1.82) is 0 Å². The summed E-state index contributed by atoms with van der Waals surface area (Å²) >= 11 is 13.1. The van der Waals surface area contributed by atoms with E-state index < -0.39 is 0 Å². The van der Waals surface area contributed by atoms with E-state index in [0.29, 0.717) is 63.2 Å². The summed E-state index contributed by atoms with van der Waals surface area (Å²) in [5.74, 6) is 0.980. The van der Waals surface area contributed by atoms with Crippen LogP contribution < -0.4 is 20.1 Å². The maximum Gasteiger partial charge on any atom is 0.243 e. The number of hydrogen-bond donors (Lipinski definition) is 2. The van der Waals surface area contributed by atoms with Gasteiger partial charge >= 0.3 is 0 Å². The fourth-order valence-corrected chi connectivity index (χ4v) is 4.45. The maximum absolute atomic E-state index is 11.7. The molecule has 0 bridgehead atoms. The Morgan fingerprint density at radius 3 is 2.47 bits per heavy atom. The molecule has 34 heavy (non-hydrogen) atoms. The quantitative estimate of drug-likeness (QED) is 0.468. The van der Waals surface area contributed by atoms with Gasteiger partial charge in [0.05, 0.1) is 66.5 Å². The number of ether oxygens (including phenoxy) is 3. The number of nitrogens with zero attached hydrogens (tertiary/aromatic N) is 3. The summed E-state index contributed by atoms with van der Waals surface area (Å²) in [6, 6.07) is 3.03. The first-order chi connectivity index (χ1) is 16.4. The summed E-state index contributed by atoms with van der Waals surface area (Å²) in [5, 5.41) is 7.48. The molecule has 3 heterocycles. The molecule has 3 aromatic rings. The van der Waals surface area contributed by atoms with E-state index in [1.54, 1.807) is 12.3 Å². The van der Waals surface area contributed by atoms with Gasteiger partial charge in [-0.15, -0.1) is 0 Å². The van der Waals surface area contributed by atoms with Crippen molar-refractivity contribution in [2.45, 2.75) is 19.0 Å². The zero-order valence-electron chi connectivity index (χ0n) is 18.8. The van der Waals surface area contributed by atoms with E-state index in [-0.39, 0.29) is 18.0 Å². The van der Waals surface area contributed by atoms with E-state index in [1.165, 1.54) is 20.3 Å². The Morgan fingerprint density at radius 1 is 1.15 bits per heavy atom. The normalized spacial score (nSPS) is 17.4. The highest BCUT2D eigenvalue weighted by Crippen LogP contribution is 2.45. The number of pyridine rings is 1. The number of carbonyl (C=O) groups is 1. The van der Waals surface area contributed by atoms with Gasteiger partial charge in [0.15, 0.2) is 0 Å². The minimum atomic E-state index is -0.263. The third-order valence-electron chi connectivity index (χ3n) is 5.48. The molecule has 0 aliphatic carbocycles. The van der Waals surface area contributed by atoms with E-state index in [9.17, 15) is 4.79 Å². The number of halogens is 2. The number of carbonyl (C=O) groups excluding carboxylic acids is 1. The Kier molecular flexibility index (Phi) is 7.06. The molecule has 0 radical (unpaired) electrons. The number of aryl methyl sites for hydroxylation is 1. The minimum Gasteiger partial charge on any atom is -0.495 e. The number of anilines is 1. The molecule has 0 unspecified atom stereocenters. The van der Waals surface area contributed by atoms with Gasteiger partial charge in [-0.1, -0.05) is 29.8 Å². The number of aromatic nitrogens is 3. The maximum atomic E-state index is 11.7. The molecule has 2 N–H and O–H groups in total. The third-order valence-corrected chi connectivity index (χ3v) is 6.23. The topological polar surface area (TPSA) is 107 Å².